The Balaban J connectivity index is 1.95. The van der Waals surface area contributed by atoms with Gasteiger partial charge in [-0.25, -0.2) is 9.67 Å². The first-order valence-electron chi connectivity index (χ1n) is 6.59. The smallest absolute Gasteiger partial charge is 0.244 e. The van der Waals surface area contributed by atoms with Gasteiger partial charge in [0.1, 0.15) is 17.4 Å². The maximum atomic E-state index is 12.1. The molecule has 0 bridgehead atoms. The number of nitrogens with zero attached hydrogens (tertiary/aromatic N) is 3. The predicted molar refractivity (Wildman–Crippen MR) is 75.6 cm³/mol. The molecule has 1 aliphatic carbocycles. The Morgan fingerprint density at radius 3 is 2.79 bits per heavy atom. The monoisotopic (exact) mass is 281 g/mol. The van der Waals surface area contributed by atoms with E-state index in [2.05, 4.69) is 15.4 Å². The highest BCUT2D eigenvalue weighted by molar-refractivity contribution is 7.80. The van der Waals surface area contributed by atoms with Crippen molar-refractivity contribution < 1.29 is 4.79 Å². The Labute approximate surface area is 117 Å². The highest BCUT2D eigenvalue weighted by Gasteiger charge is 2.21. The Bertz CT molecular complexity index is 466. The minimum absolute atomic E-state index is 0.0358. The van der Waals surface area contributed by atoms with E-state index in [0.29, 0.717) is 11.9 Å². The van der Waals surface area contributed by atoms with Crippen molar-refractivity contribution in [2.75, 3.05) is 0 Å². The highest BCUT2D eigenvalue weighted by Crippen LogP contribution is 2.18. The topological polar surface area (TPSA) is 85.8 Å². The number of hydrogen-bond acceptors (Lipinski definition) is 4. The van der Waals surface area contributed by atoms with Crippen LogP contribution >= 0.6 is 12.2 Å². The van der Waals surface area contributed by atoms with E-state index in [0.717, 1.165) is 12.8 Å². The van der Waals surface area contributed by atoms with Gasteiger partial charge < -0.3 is 11.1 Å². The van der Waals surface area contributed by atoms with Crippen LogP contribution in [0.25, 0.3) is 0 Å². The van der Waals surface area contributed by atoms with Crippen molar-refractivity contribution in [3.63, 3.8) is 0 Å². The first-order valence-corrected chi connectivity index (χ1v) is 7.00. The van der Waals surface area contributed by atoms with E-state index in [4.69, 9.17) is 18.0 Å². The molecule has 0 aromatic carbocycles. The summed E-state index contributed by atoms with van der Waals surface area (Å²) in [7, 11) is 0. The third-order valence-electron chi connectivity index (χ3n) is 3.46. The molecule has 1 aromatic rings. The summed E-state index contributed by atoms with van der Waals surface area (Å²) in [4.78, 5) is 16.2. The van der Waals surface area contributed by atoms with Gasteiger partial charge in [-0.15, -0.1) is 5.10 Å². The SMILES string of the molecule is CC(C(=O)NC1CCCCC1)n1cnc(C(N)=S)n1. The van der Waals surface area contributed by atoms with Crippen molar-refractivity contribution in [3.8, 4) is 0 Å². The van der Waals surface area contributed by atoms with Crippen molar-refractivity contribution in [1.82, 2.24) is 20.1 Å². The molecule has 2 rings (SSSR count). The molecule has 3 N–H and O–H groups in total. The number of carbonyl (C=O) groups excluding carboxylic acids is 1. The normalized spacial score (nSPS) is 17.9. The molecular weight excluding hydrogens is 262 g/mol. The average Bonchev–Trinajstić information content (AvgIpc) is 2.88. The first-order chi connectivity index (χ1) is 9.08. The van der Waals surface area contributed by atoms with Gasteiger partial charge in [-0.05, 0) is 19.8 Å². The number of carbonyl (C=O) groups is 1. The molecule has 7 heteroatoms. The van der Waals surface area contributed by atoms with E-state index in [1.807, 2.05) is 0 Å². The molecule has 1 aliphatic rings. The first kappa shape index (κ1) is 13.9. The zero-order valence-electron chi connectivity index (χ0n) is 11.0. The maximum absolute atomic E-state index is 12.1. The Morgan fingerprint density at radius 2 is 2.21 bits per heavy atom. The molecule has 1 atom stereocenters. The van der Waals surface area contributed by atoms with Gasteiger partial charge in [0, 0.05) is 6.04 Å². The summed E-state index contributed by atoms with van der Waals surface area (Å²) in [5.41, 5.74) is 5.45. The second-order valence-corrected chi connectivity index (χ2v) is 5.37. The van der Waals surface area contributed by atoms with Crippen LogP contribution in [0.2, 0.25) is 0 Å². The minimum Gasteiger partial charge on any atom is -0.387 e. The number of aromatic nitrogens is 3. The molecule has 0 spiro atoms. The minimum atomic E-state index is -0.405. The maximum Gasteiger partial charge on any atom is 0.244 e. The van der Waals surface area contributed by atoms with E-state index >= 15 is 0 Å². The molecule has 0 saturated heterocycles. The summed E-state index contributed by atoms with van der Waals surface area (Å²) >= 11 is 4.80. The van der Waals surface area contributed by atoms with E-state index in [1.165, 1.54) is 30.3 Å². The van der Waals surface area contributed by atoms with Crippen LogP contribution in [-0.2, 0) is 4.79 Å². The van der Waals surface area contributed by atoms with Gasteiger partial charge in [-0.2, -0.15) is 0 Å². The third kappa shape index (κ3) is 3.50. The quantitative estimate of drug-likeness (QED) is 0.802. The highest BCUT2D eigenvalue weighted by atomic mass is 32.1. The van der Waals surface area contributed by atoms with Crippen LogP contribution in [0, 0.1) is 0 Å². The molecular formula is C12H19N5OS. The van der Waals surface area contributed by atoms with Crippen LogP contribution in [0.15, 0.2) is 6.33 Å². The lowest BCUT2D eigenvalue weighted by Crippen LogP contribution is -2.40. The van der Waals surface area contributed by atoms with Gasteiger partial charge in [-0.3, -0.25) is 4.79 Å². The number of nitrogens with two attached hydrogens (primary N) is 1. The van der Waals surface area contributed by atoms with Crippen molar-refractivity contribution in [3.05, 3.63) is 12.2 Å². The molecule has 1 fully saturated rings. The predicted octanol–water partition coefficient (Wildman–Crippen LogP) is 0.922. The lowest BCUT2D eigenvalue weighted by Gasteiger charge is -2.24. The Hall–Kier alpha value is -1.50. The summed E-state index contributed by atoms with van der Waals surface area (Å²) < 4.78 is 1.49. The van der Waals surface area contributed by atoms with Gasteiger partial charge in [0.15, 0.2) is 0 Å². The Kier molecular flexibility index (Phi) is 4.47. The molecule has 1 amide bonds. The summed E-state index contributed by atoms with van der Waals surface area (Å²) in [5.74, 6) is 0.263. The number of hydrogen-bond donors (Lipinski definition) is 2. The summed E-state index contributed by atoms with van der Waals surface area (Å²) in [6, 6.07) is -0.111. The number of thiocarbonyl (C=S) groups is 1. The van der Waals surface area contributed by atoms with Crippen molar-refractivity contribution in [2.45, 2.75) is 51.1 Å². The molecule has 1 unspecified atom stereocenters. The summed E-state index contributed by atoms with van der Waals surface area (Å²) in [6.45, 7) is 1.79. The largest absolute Gasteiger partial charge is 0.387 e. The van der Waals surface area contributed by atoms with Crippen LogP contribution in [0.1, 0.15) is 50.9 Å². The van der Waals surface area contributed by atoms with E-state index in [9.17, 15) is 4.79 Å². The van der Waals surface area contributed by atoms with Crippen LogP contribution in [0.5, 0.6) is 0 Å². The fraction of sp³-hybridized carbons (Fsp3) is 0.667. The molecule has 1 heterocycles. The second kappa shape index (κ2) is 6.10. The number of rotatable bonds is 4. The van der Waals surface area contributed by atoms with Crippen molar-refractivity contribution >= 4 is 23.1 Å². The van der Waals surface area contributed by atoms with E-state index in [1.54, 1.807) is 6.92 Å². The lowest BCUT2D eigenvalue weighted by molar-refractivity contribution is -0.125. The van der Waals surface area contributed by atoms with Crippen LogP contribution in [0.3, 0.4) is 0 Å². The average molecular weight is 281 g/mol. The molecule has 0 aliphatic heterocycles. The van der Waals surface area contributed by atoms with Crippen LogP contribution < -0.4 is 11.1 Å². The van der Waals surface area contributed by atoms with Crippen LogP contribution in [-0.4, -0.2) is 31.7 Å². The van der Waals surface area contributed by atoms with Crippen LogP contribution in [0.4, 0.5) is 0 Å². The Morgan fingerprint density at radius 1 is 1.53 bits per heavy atom. The van der Waals surface area contributed by atoms with E-state index < -0.39 is 6.04 Å². The van der Waals surface area contributed by atoms with Crippen molar-refractivity contribution in [1.29, 1.82) is 0 Å². The fourth-order valence-corrected chi connectivity index (χ4v) is 2.36. The zero-order valence-corrected chi connectivity index (χ0v) is 11.8. The van der Waals surface area contributed by atoms with Gasteiger partial charge in [0.25, 0.3) is 0 Å². The lowest BCUT2D eigenvalue weighted by atomic mass is 9.95. The van der Waals surface area contributed by atoms with Crippen molar-refractivity contribution in [2.24, 2.45) is 5.73 Å². The van der Waals surface area contributed by atoms with Gasteiger partial charge in [0.05, 0.1) is 0 Å². The van der Waals surface area contributed by atoms with Gasteiger partial charge >= 0.3 is 0 Å². The molecule has 0 radical (unpaired) electrons. The van der Waals surface area contributed by atoms with Gasteiger partial charge in [-0.1, -0.05) is 31.5 Å². The molecule has 19 heavy (non-hydrogen) atoms. The number of amides is 1. The molecule has 6 nitrogen and oxygen atoms in total. The molecule has 1 aromatic heterocycles. The summed E-state index contributed by atoms with van der Waals surface area (Å²) in [6.07, 6.45) is 7.26. The fourth-order valence-electron chi connectivity index (χ4n) is 2.26. The molecule has 104 valence electrons. The standard InChI is InChI=1S/C12H19N5OS/c1-8(17-7-14-11(16-17)10(13)19)12(18)15-9-5-3-2-4-6-9/h7-9H,2-6H2,1H3,(H2,13,19)(H,15,18). The zero-order chi connectivity index (χ0) is 13.8. The van der Waals surface area contributed by atoms with Gasteiger partial charge in [0.2, 0.25) is 11.7 Å². The van der Waals surface area contributed by atoms with E-state index in [-0.39, 0.29) is 10.9 Å². The number of nitrogens with one attached hydrogen (secondary N) is 1. The second-order valence-electron chi connectivity index (χ2n) is 4.93. The third-order valence-corrected chi connectivity index (χ3v) is 3.64. The molecule has 1 saturated carbocycles. The summed E-state index contributed by atoms with van der Waals surface area (Å²) in [5, 5.41) is 7.17.